The minimum Gasteiger partial charge on any atom is -0.316 e. The minimum atomic E-state index is -0.488. The first kappa shape index (κ1) is 11.6. The zero-order valence-corrected chi connectivity index (χ0v) is 8.44. The molecular formula is C11H15N3O. The molecule has 0 unspecified atom stereocenters. The molecule has 5 N–H and O–H groups in total. The third kappa shape index (κ3) is 3.61. The Morgan fingerprint density at radius 2 is 1.87 bits per heavy atom. The number of benzene rings is 1. The predicted octanol–water partition coefficient (Wildman–Crippen LogP) is 0.647. The highest BCUT2D eigenvalue weighted by Gasteiger charge is 2.11. The Labute approximate surface area is 88.8 Å². The van der Waals surface area contributed by atoms with E-state index < -0.39 is 6.17 Å². The summed E-state index contributed by atoms with van der Waals surface area (Å²) in [5.41, 5.74) is 11.3. The molecule has 0 amide bonds. The quantitative estimate of drug-likeness (QED) is 0.486. The van der Waals surface area contributed by atoms with Crippen molar-refractivity contribution in [2.75, 3.05) is 0 Å². The van der Waals surface area contributed by atoms with Crippen molar-refractivity contribution in [1.82, 2.24) is 0 Å². The highest BCUT2D eigenvalue weighted by atomic mass is 16.1. The Balaban J connectivity index is 2.58. The van der Waals surface area contributed by atoms with E-state index in [0.717, 1.165) is 0 Å². The van der Waals surface area contributed by atoms with Crippen LogP contribution in [0.15, 0.2) is 30.3 Å². The first-order valence-corrected chi connectivity index (χ1v) is 4.79. The van der Waals surface area contributed by atoms with Gasteiger partial charge < -0.3 is 11.5 Å². The average Bonchev–Trinajstić information content (AvgIpc) is 2.26. The molecule has 0 aliphatic carbocycles. The van der Waals surface area contributed by atoms with E-state index in [-0.39, 0.29) is 17.9 Å². The molecule has 15 heavy (non-hydrogen) atoms. The van der Waals surface area contributed by atoms with E-state index in [1.165, 1.54) is 0 Å². The number of rotatable bonds is 5. The molecule has 80 valence electrons. The fraction of sp³-hybridized carbons (Fsp3) is 0.273. The lowest BCUT2D eigenvalue weighted by molar-refractivity contribution is -0.113. The van der Waals surface area contributed by atoms with Gasteiger partial charge in [-0.05, 0) is 6.42 Å². The van der Waals surface area contributed by atoms with Crippen LogP contribution in [0, 0.1) is 5.41 Å². The van der Waals surface area contributed by atoms with Gasteiger partial charge in [0.15, 0.2) is 5.78 Å². The summed E-state index contributed by atoms with van der Waals surface area (Å²) in [6, 6.07) is 8.92. The van der Waals surface area contributed by atoms with Crippen LogP contribution in [0.1, 0.15) is 18.4 Å². The van der Waals surface area contributed by atoms with Crippen molar-refractivity contribution >= 4 is 11.5 Å². The zero-order valence-electron chi connectivity index (χ0n) is 8.44. The highest BCUT2D eigenvalue weighted by Crippen LogP contribution is 2.03. The Morgan fingerprint density at radius 1 is 1.27 bits per heavy atom. The van der Waals surface area contributed by atoms with E-state index in [1.54, 1.807) is 24.3 Å². The van der Waals surface area contributed by atoms with Gasteiger partial charge in [-0.25, -0.2) is 0 Å². The van der Waals surface area contributed by atoms with Gasteiger partial charge in [-0.3, -0.25) is 10.2 Å². The summed E-state index contributed by atoms with van der Waals surface area (Å²) in [7, 11) is 0. The van der Waals surface area contributed by atoms with Crippen molar-refractivity contribution in [1.29, 1.82) is 5.41 Å². The fourth-order valence-electron chi connectivity index (χ4n) is 1.19. The SMILES string of the molecule is N=C(C(=O)CCC(N)N)c1ccccc1. The van der Waals surface area contributed by atoms with Crippen molar-refractivity contribution in [2.45, 2.75) is 19.0 Å². The van der Waals surface area contributed by atoms with Gasteiger partial charge in [0.1, 0.15) is 5.71 Å². The lowest BCUT2D eigenvalue weighted by Crippen LogP contribution is -2.31. The number of carbonyl (C=O) groups excluding carboxylic acids is 1. The number of hydrogen-bond acceptors (Lipinski definition) is 4. The van der Waals surface area contributed by atoms with Gasteiger partial charge in [-0.15, -0.1) is 0 Å². The summed E-state index contributed by atoms with van der Waals surface area (Å²) < 4.78 is 0. The number of hydrogen-bond donors (Lipinski definition) is 3. The maximum absolute atomic E-state index is 11.5. The molecule has 0 aliphatic rings. The van der Waals surface area contributed by atoms with Crippen LogP contribution < -0.4 is 11.5 Å². The van der Waals surface area contributed by atoms with E-state index in [1.807, 2.05) is 6.07 Å². The monoisotopic (exact) mass is 205 g/mol. The lowest BCUT2D eigenvalue weighted by atomic mass is 10.0. The van der Waals surface area contributed by atoms with Crippen molar-refractivity contribution in [3.8, 4) is 0 Å². The summed E-state index contributed by atoms with van der Waals surface area (Å²) in [6.07, 6.45) is 0.150. The number of Topliss-reactive ketones (excluding diaryl/α,β-unsaturated/α-hetero) is 1. The molecule has 0 aliphatic heterocycles. The molecule has 0 radical (unpaired) electrons. The molecule has 0 heterocycles. The molecule has 1 aromatic carbocycles. The summed E-state index contributed by atoms with van der Waals surface area (Å²) >= 11 is 0. The maximum Gasteiger partial charge on any atom is 0.181 e. The van der Waals surface area contributed by atoms with Crippen LogP contribution >= 0.6 is 0 Å². The Kier molecular flexibility index (Phi) is 4.15. The normalized spacial score (nSPS) is 10.3. The van der Waals surface area contributed by atoms with E-state index >= 15 is 0 Å². The molecule has 1 rings (SSSR count). The summed E-state index contributed by atoms with van der Waals surface area (Å²) in [6.45, 7) is 0. The van der Waals surface area contributed by atoms with E-state index in [2.05, 4.69) is 0 Å². The topological polar surface area (TPSA) is 93.0 Å². The Hall–Kier alpha value is -1.52. The first-order valence-electron chi connectivity index (χ1n) is 4.79. The summed E-state index contributed by atoms with van der Waals surface area (Å²) in [4.78, 5) is 11.5. The van der Waals surface area contributed by atoms with Crippen LogP contribution in [0.5, 0.6) is 0 Å². The highest BCUT2D eigenvalue weighted by molar-refractivity contribution is 6.44. The first-order chi connectivity index (χ1) is 7.11. The van der Waals surface area contributed by atoms with Gasteiger partial charge in [0.2, 0.25) is 0 Å². The second-order valence-corrected chi connectivity index (χ2v) is 3.37. The van der Waals surface area contributed by atoms with Crippen LogP contribution in [0.3, 0.4) is 0 Å². The molecule has 0 aromatic heterocycles. The number of nitrogens with one attached hydrogen (secondary N) is 1. The molecule has 0 fully saturated rings. The summed E-state index contributed by atoms with van der Waals surface area (Å²) in [5, 5.41) is 7.65. The molecule has 4 nitrogen and oxygen atoms in total. The van der Waals surface area contributed by atoms with Gasteiger partial charge >= 0.3 is 0 Å². The van der Waals surface area contributed by atoms with Gasteiger partial charge in [0, 0.05) is 12.0 Å². The standard InChI is InChI=1S/C11H15N3O/c12-10(13)7-6-9(15)11(14)8-4-2-1-3-5-8/h1-5,10,14H,6-7,12-13H2. The fourth-order valence-corrected chi connectivity index (χ4v) is 1.19. The smallest absolute Gasteiger partial charge is 0.181 e. The van der Waals surface area contributed by atoms with E-state index in [9.17, 15) is 4.79 Å². The van der Waals surface area contributed by atoms with E-state index in [4.69, 9.17) is 16.9 Å². The van der Waals surface area contributed by atoms with Gasteiger partial charge in [-0.1, -0.05) is 30.3 Å². The van der Waals surface area contributed by atoms with Crippen molar-refractivity contribution < 1.29 is 4.79 Å². The second kappa shape index (κ2) is 5.38. The van der Waals surface area contributed by atoms with Crippen LogP contribution in [0.2, 0.25) is 0 Å². The predicted molar refractivity (Wildman–Crippen MR) is 59.7 cm³/mol. The number of nitrogens with two attached hydrogens (primary N) is 2. The zero-order chi connectivity index (χ0) is 11.3. The van der Waals surface area contributed by atoms with Gasteiger partial charge in [0.05, 0.1) is 6.17 Å². The second-order valence-electron chi connectivity index (χ2n) is 3.37. The Bertz CT molecular complexity index is 346. The third-order valence-electron chi connectivity index (χ3n) is 2.05. The maximum atomic E-state index is 11.5. The molecule has 4 heteroatoms. The van der Waals surface area contributed by atoms with E-state index in [0.29, 0.717) is 12.0 Å². The van der Waals surface area contributed by atoms with Gasteiger partial charge in [0.25, 0.3) is 0 Å². The van der Waals surface area contributed by atoms with Crippen LogP contribution in [-0.2, 0) is 4.79 Å². The largest absolute Gasteiger partial charge is 0.316 e. The van der Waals surface area contributed by atoms with Crippen LogP contribution in [-0.4, -0.2) is 17.7 Å². The lowest BCUT2D eigenvalue weighted by Gasteiger charge is -2.05. The molecule has 0 atom stereocenters. The van der Waals surface area contributed by atoms with Crippen LogP contribution in [0.4, 0.5) is 0 Å². The molecule has 1 aromatic rings. The molecule has 0 saturated heterocycles. The van der Waals surface area contributed by atoms with Gasteiger partial charge in [-0.2, -0.15) is 0 Å². The molecule has 0 spiro atoms. The third-order valence-corrected chi connectivity index (χ3v) is 2.05. The summed E-state index contributed by atoms with van der Waals surface area (Å²) in [5.74, 6) is -0.220. The van der Waals surface area contributed by atoms with Crippen LogP contribution in [0.25, 0.3) is 0 Å². The Morgan fingerprint density at radius 3 is 2.40 bits per heavy atom. The minimum absolute atomic E-state index is 0.0243. The molecule has 0 bridgehead atoms. The van der Waals surface area contributed by atoms with Crippen molar-refractivity contribution in [3.63, 3.8) is 0 Å². The molecular weight excluding hydrogens is 190 g/mol. The van der Waals surface area contributed by atoms with Crippen molar-refractivity contribution in [2.24, 2.45) is 11.5 Å². The number of ketones is 1. The molecule has 0 saturated carbocycles. The number of carbonyl (C=O) groups is 1. The average molecular weight is 205 g/mol. The van der Waals surface area contributed by atoms with Crippen molar-refractivity contribution in [3.05, 3.63) is 35.9 Å².